The molecule has 4 heteroatoms. The Hall–Kier alpha value is 0.500. The van der Waals surface area contributed by atoms with E-state index in [-0.39, 0.29) is 18.9 Å². The molecule has 0 heterocycles. The molecule has 44 valence electrons. The fraction of sp³-hybridized carbons (Fsp3) is 1.00. The van der Waals surface area contributed by atoms with Gasteiger partial charge in [0.1, 0.15) is 18.9 Å². The third-order valence-corrected chi connectivity index (χ3v) is 0.630. The molecule has 0 N–H and O–H groups in total. The van der Waals surface area contributed by atoms with Gasteiger partial charge in [-0.3, -0.25) is 0 Å². The number of alkyl halides is 2. The summed E-state index contributed by atoms with van der Waals surface area (Å²) in [6.45, 7) is 0.174. The molecule has 0 aromatic carbocycles. The molecule has 0 atom stereocenters. The summed E-state index contributed by atoms with van der Waals surface area (Å²) in [6.07, 6.45) is 0. The molecule has 0 amide bonds. The summed E-state index contributed by atoms with van der Waals surface area (Å²) in [5, 5.41) is 0. The van der Waals surface area contributed by atoms with E-state index in [1.807, 2.05) is 0 Å². The van der Waals surface area contributed by atoms with Crippen molar-refractivity contribution in [1.29, 1.82) is 0 Å². The van der Waals surface area contributed by atoms with Crippen molar-refractivity contribution in [3.8, 4) is 0 Å². The highest BCUT2D eigenvalue weighted by molar-refractivity contribution is 6.17. The van der Waals surface area contributed by atoms with Gasteiger partial charge in [-0.25, -0.2) is 0 Å². The fourth-order valence-electron chi connectivity index (χ4n) is 0.122. The lowest BCUT2D eigenvalue weighted by molar-refractivity contribution is -0.0196. The van der Waals surface area contributed by atoms with Crippen LogP contribution in [0.4, 0.5) is 0 Å². The van der Waals surface area contributed by atoms with Crippen molar-refractivity contribution < 1.29 is 9.47 Å². The van der Waals surface area contributed by atoms with E-state index in [1.54, 1.807) is 0 Å². The first-order valence-electron chi connectivity index (χ1n) is 1.69. The Morgan fingerprint density at radius 2 is 1.43 bits per heavy atom. The fourth-order valence-corrected chi connectivity index (χ4v) is 0.248. The summed E-state index contributed by atoms with van der Waals surface area (Å²) < 4.78 is 9.07. The average molecular weight is 145 g/mol. The highest BCUT2D eigenvalue weighted by atomic mass is 35.5. The van der Waals surface area contributed by atoms with Crippen molar-refractivity contribution >= 4 is 23.2 Å². The zero-order valence-corrected chi connectivity index (χ0v) is 5.21. The van der Waals surface area contributed by atoms with Crippen LogP contribution in [0.25, 0.3) is 0 Å². The van der Waals surface area contributed by atoms with E-state index >= 15 is 0 Å². The molecule has 0 radical (unpaired) electrons. The van der Waals surface area contributed by atoms with Crippen LogP contribution >= 0.6 is 23.2 Å². The van der Waals surface area contributed by atoms with E-state index in [9.17, 15) is 0 Å². The normalized spacial score (nSPS) is 9.43. The van der Waals surface area contributed by atoms with Gasteiger partial charge in [-0.2, -0.15) is 0 Å². The van der Waals surface area contributed by atoms with Gasteiger partial charge in [0, 0.05) is 0 Å². The summed E-state index contributed by atoms with van der Waals surface area (Å²) in [7, 11) is 0. The van der Waals surface area contributed by atoms with Crippen LogP contribution in [0.3, 0.4) is 0 Å². The molecule has 0 aliphatic rings. The minimum absolute atomic E-state index is 0.150. The van der Waals surface area contributed by atoms with Crippen LogP contribution in [0.2, 0.25) is 0 Å². The highest BCUT2D eigenvalue weighted by Crippen LogP contribution is 1.82. The summed E-state index contributed by atoms with van der Waals surface area (Å²) in [4.78, 5) is 0. The van der Waals surface area contributed by atoms with Crippen molar-refractivity contribution in [3.63, 3.8) is 0 Å². The van der Waals surface area contributed by atoms with Crippen LogP contribution in [0.5, 0.6) is 0 Å². The molecule has 0 saturated heterocycles. The van der Waals surface area contributed by atoms with Gasteiger partial charge in [0.05, 0.1) is 0 Å². The van der Waals surface area contributed by atoms with Gasteiger partial charge in [0.25, 0.3) is 0 Å². The number of hydrogen-bond donors (Lipinski definition) is 0. The van der Waals surface area contributed by atoms with Gasteiger partial charge in [-0.15, -0.1) is 0 Å². The lowest BCUT2D eigenvalue weighted by Gasteiger charge is -1.95. The Morgan fingerprint density at radius 1 is 1.00 bits per heavy atom. The first-order chi connectivity index (χ1) is 3.41. The predicted molar refractivity (Wildman–Crippen MR) is 28.5 cm³/mol. The lowest BCUT2D eigenvalue weighted by atomic mass is 11.4. The van der Waals surface area contributed by atoms with Crippen molar-refractivity contribution in [2.24, 2.45) is 0 Å². The summed E-state index contributed by atoms with van der Waals surface area (Å²) in [6, 6.07) is 0.299. The molecule has 0 aromatic rings. The van der Waals surface area contributed by atoms with Crippen LogP contribution < -0.4 is 0 Å². The van der Waals surface area contributed by atoms with Crippen LogP contribution in [-0.4, -0.2) is 18.9 Å². The Morgan fingerprint density at radius 3 is 1.71 bits per heavy atom. The molecule has 0 bridgehead atoms. The Labute approximate surface area is 52.3 Å². The summed E-state index contributed by atoms with van der Waals surface area (Å²) in [5.41, 5.74) is 0. The second-order valence-corrected chi connectivity index (χ2v) is 1.18. The minimum Gasteiger partial charge on any atom is -0.340 e. The van der Waals surface area contributed by atoms with Gasteiger partial charge >= 0.3 is 0 Å². The first-order valence-corrected chi connectivity index (χ1v) is 2.76. The maximum atomic E-state index is 5.09. The number of ether oxygens (including phenoxy) is 2. The SMILES string of the molecule is ClCOCOCCl. The monoisotopic (exact) mass is 144 g/mol. The second kappa shape index (κ2) is 6.50. The summed E-state index contributed by atoms with van der Waals surface area (Å²) in [5.74, 6) is 0. The van der Waals surface area contributed by atoms with E-state index in [0.29, 0.717) is 0 Å². The molecule has 0 rings (SSSR count). The smallest absolute Gasteiger partial charge is 0.149 e. The van der Waals surface area contributed by atoms with Gasteiger partial charge in [-0.05, 0) is 0 Å². The van der Waals surface area contributed by atoms with E-state index in [1.165, 1.54) is 0 Å². The maximum Gasteiger partial charge on any atom is 0.149 e. The van der Waals surface area contributed by atoms with E-state index in [0.717, 1.165) is 0 Å². The predicted octanol–water partition coefficient (Wildman–Crippen LogP) is 1.37. The molecule has 0 aliphatic carbocycles. The third-order valence-electron chi connectivity index (χ3n) is 0.321. The van der Waals surface area contributed by atoms with Crippen molar-refractivity contribution in [2.45, 2.75) is 0 Å². The quantitative estimate of drug-likeness (QED) is 0.338. The average Bonchev–Trinajstić information content (AvgIpc) is 1.69. The molecule has 0 aliphatic heterocycles. The molecular weight excluding hydrogens is 139 g/mol. The van der Waals surface area contributed by atoms with Crippen LogP contribution in [0, 0.1) is 0 Å². The zero-order chi connectivity index (χ0) is 5.54. The van der Waals surface area contributed by atoms with Crippen LogP contribution in [0.15, 0.2) is 0 Å². The topological polar surface area (TPSA) is 18.5 Å². The Bertz CT molecular complexity index is 30.1. The van der Waals surface area contributed by atoms with Gasteiger partial charge in [0.2, 0.25) is 0 Å². The van der Waals surface area contributed by atoms with Crippen molar-refractivity contribution in [2.75, 3.05) is 18.9 Å². The molecule has 0 fully saturated rings. The lowest BCUT2D eigenvalue weighted by Crippen LogP contribution is -1.95. The first kappa shape index (κ1) is 7.50. The minimum atomic E-state index is 0.150. The molecule has 0 saturated carbocycles. The number of hydrogen-bond acceptors (Lipinski definition) is 2. The molecule has 7 heavy (non-hydrogen) atoms. The third kappa shape index (κ3) is 6.50. The van der Waals surface area contributed by atoms with E-state index < -0.39 is 0 Å². The molecule has 0 unspecified atom stereocenters. The van der Waals surface area contributed by atoms with Crippen molar-refractivity contribution in [3.05, 3.63) is 0 Å². The zero-order valence-electron chi connectivity index (χ0n) is 3.69. The van der Waals surface area contributed by atoms with E-state index in [4.69, 9.17) is 23.2 Å². The number of halogens is 2. The van der Waals surface area contributed by atoms with Gasteiger partial charge in [-0.1, -0.05) is 23.2 Å². The van der Waals surface area contributed by atoms with Gasteiger partial charge in [0.15, 0.2) is 0 Å². The highest BCUT2D eigenvalue weighted by Gasteiger charge is 1.78. The Kier molecular flexibility index (Phi) is 6.96. The molecule has 2 nitrogen and oxygen atoms in total. The molecular formula is C3H6Cl2O2. The van der Waals surface area contributed by atoms with Crippen molar-refractivity contribution in [1.82, 2.24) is 0 Å². The standard InChI is InChI=1S/C3H6Cl2O2/c4-1-6-3-7-2-5/h1-3H2. The van der Waals surface area contributed by atoms with Crippen LogP contribution in [-0.2, 0) is 9.47 Å². The second-order valence-electron chi connectivity index (χ2n) is 0.744. The number of rotatable bonds is 4. The largest absolute Gasteiger partial charge is 0.340 e. The van der Waals surface area contributed by atoms with E-state index in [2.05, 4.69) is 9.47 Å². The van der Waals surface area contributed by atoms with Crippen LogP contribution in [0.1, 0.15) is 0 Å². The van der Waals surface area contributed by atoms with Gasteiger partial charge < -0.3 is 9.47 Å². The molecule has 0 aromatic heterocycles. The maximum absolute atomic E-state index is 5.09. The Balaban J connectivity index is 2.45. The summed E-state index contributed by atoms with van der Waals surface area (Å²) >= 11 is 10.2. The molecule has 0 spiro atoms.